The van der Waals surface area contributed by atoms with Crippen LogP contribution in [0.1, 0.15) is 48.0 Å². The van der Waals surface area contributed by atoms with Crippen molar-refractivity contribution in [3.05, 3.63) is 85.7 Å². The molecule has 1 fully saturated rings. The molecule has 1 aliphatic rings. The van der Waals surface area contributed by atoms with E-state index in [9.17, 15) is 9.59 Å². The highest BCUT2D eigenvalue weighted by Gasteiger charge is 2.23. The quantitative estimate of drug-likeness (QED) is 0.539. The van der Waals surface area contributed by atoms with E-state index in [1.165, 1.54) is 11.1 Å². The Bertz CT molecular complexity index is 1100. The standard InChI is InChI=1S/C23H23BrClN3O2/c24-17-10-12-19(13-11-17)28-23(30)20(22(29)26-18-7-2-1-3-8-18)15-27(28)14-16-6-4-5-9-21(16)25/h4-6,9-13,15,18H,1-3,7-8,14H2,(H,26,29). The topological polar surface area (TPSA) is 56.0 Å². The average Bonchev–Trinajstić information content (AvgIpc) is 3.07. The molecule has 4 rings (SSSR count). The van der Waals surface area contributed by atoms with E-state index in [2.05, 4.69) is 21.2 Å². The molecule has 30 heavy (non-hydrogen) atoms. The van der Waals surface area contributed by atoms with Gasteiger partial charge in [0.15, 0.2) is 0 Å². The molecule has 0 unspecified atom stereocenters. The van der Waals surface area contributed by atoms with Crippen molar-refractivity contribution in [2.75, 3.05) is 0 Å². The molecule has 0 radical (unpaired) electrons. The van der Waals surface area contributed by atoms with Crippen LogP contribution in [-0.2, 0) is 6.54 Å². The Morgan fingerprint density at radius 3 is 2.47 bits per heavy atom. The highest BCUT2D eigenvalue weighted by Crippen LogP contribution is 2.20. The van der Waals surface area contributed by atoms with Gasteiger partial charge in [-0.3, -0.25) is 14.3 Å². The van der Waals surface area contributed by atoms with Gasteiger partial charge in [0.1, 0.15) is 5.56 Å². The van der Waals surface area contributed by atoms with Gasteiger partial charge < -0.3 is 5.32 Å². The third-order valence-electron chi connectivity index (χ3n) is 5.50. The summed E-state index contributed by atoms with van der Waals surface area (Å²) in [4.78, 5) is 26.2. The van der Waals surface area contributed by atoms with Crippen molar-refractivity contribution in [2.24, 2.45) is 0 Å². The minimum absolute atomic E-state index is 0.138. The van der Waals surface area contributed by atoms with Crippen molar-refractivity contribution in [1.29, 1.82) is 0 Å². The first-order valence-corrected chi connectivity index (χ1v) is 11.3. The van der Waals surface area contributed by atoms with Gasteiger partial charge in [-0.15, -0.1) is 0 Å². The van der Waals surface area contributed by atoms with Crippen LogP contribution >= 0.6 is 27.5 Å². The van der Waals surface area contributed by atoms with Crippen LogP contribution in [0.5, 0.6) is 0 Å². The summed E-state index contributed by atoms with van der Waals surface area (Å²) in [6.45, 7) is 0.377. The summed E-state index contributed by atoms with van der Waals surface area (Å²) < 4.78 is 4.20. The Morgan fingerprint density at radius 2 is 1.77 bits per heavy atom. The fourth-order valence-electron chi connectivity index (χ4n) is 3.92. The second-order valence-corrected chi connectivity index (χ2v) is 8.96. The van der Waals surface area contributed by atoms with E-state index in [-0.39, 0.29) is 23.1 Å². The molecule has 0 saturated heterocycles. The first-order chi connectivity index (χ1) is 14.5. The Morgan fingerprint density at radius 1 is 1.07 bits per heavy atom. The van der Waals surface area contributed by atoms with E-state index in [0.29, 0.717) is 17.3 Å². The molecule has 1 saturated carbocycles. The lowest BCUT2D eigenvalue weighted by atomic mass is 9.95. The van der Waals surface area contributed by atoms with Crippen molar-refractivity contribution in [2.45, 2.75) is 44.7 Å². The Balaban J connectivity index is 1.72. The third kappa shape index (κ3) is 4.55. The molecule has 5 nitrogen and oxygen atoms in total. The normalized spacial score (nSPS) is 14.6. The summed E-state index contributed by atoms with van der Waals surface area (Å²) in [7, 11) is 0. The van der Waals surface area contributed by atoms with E-state index in [0.717, 1.165) is 35.7 Å². The van der Waals surface area contributed by atoms with Crippen LogP contribution in [-0.4, -0.2) is 21.3 Å². The summed E-state index contributed by atoms with van der Waals surface area (Å²) in [6, 6.07) is 15.1. The molecule has 0 atom stereocenters. The summed E-state index contributed by atoms with van der Waals surface area (Å²) in [5.74, 6) is -0.310. The number of carbonyl (C=O) groups is 1. The number of benzene rings is 2. The number of aromatic nitrogens is 2. The van der Waals surface area contributed by atoms with Crippen molar-refractivity contribution >= 4 is 33.4 Å². The second kappa shape index (κ2) is 9.23. The molecule has 1 N–H and O–H groups in total. The summed E-state index contributed by atoms with van der Waals surface area (Å²) in [5, 5.41) is 3.67. The average molecular weight is 489 g/mol. The molecule has 1 aromatic heterocycles. The molecule has 2 aromatic carbocycles. The maximum atomic E-state index is 13.3. The minimum atomic E-state index is -0.335. The van der Waals surface area contributed by atoms with Crippen molar-refractivity contribution in [3.63, 3.8) is 0 Å². The van der Waals surface area contributed by atoms with E-state index in [1.807, 2.05) is 48.5 Å². The van der Waals surface area contributed by atoms with Gasteiger partial charge in [-0.2, -0.15) is 0 Å². The van der Waals surface area contributed by atoms with Crippen molar-refractivity contribution < 1.29 is 4.79 Å². The molecular weight excluding hydrogens is 466 g/mol. The van der Waals surface area contributed by atoms with Gasteiger partial charge >= 0.3 is 0 Å². The van der Waals surface area contributed by atoms with Crippen LogP contribution < -0.4 is 10.9 Å². The van der Waals surface area contributed by atoms with Crippen LogP contribution in [0.3, 0.4) is 0 Å². The van der Waals surface area contributed by atoms with Gasteiger partial charge in [0.25, 0.3) is 11.5 Å². The molecule has 1 heterocycles. The van der Waals surface area contributed by atoms with Crippen LogP contribution in [0.4, 0.5) is 0 Å². The number of hydrogen-bond acceptors (Lipinski definition) is 2. The number of halogens is 2. The zero-order chi connectivity index (χ0) is 21.1. The van der Waals surface area contributed by atoms with Gasteiger partial charge in [-0.25, -0.2) is 4.68 Å². The number of nitrogens with one attached hydrogen (secondary N) is 1. The van der Waals surface area contributed by atoms with Gasteiger partial charge in [0.05, 0.1) is 12.2 Å². The molecule has 0 bridgehead atoms. The number of rotatable bonds is 5. The molecule has 1 amide bonds. The number of nitrogens with zero attached hydrogens (tertiary/aromatic N) is 2. The van der Waals surface area contributed by atoms with Crippen LogP contribution in [0, 0.1) is 0 Å². The molecule has 0 spiro atoms. The van der Waals surface area contributed by atoms with Crippen LogP contribution in [0.25, 0.3) is 5.69 Å². The summed E-state index contributed by atoms with van der Waals surface area (Å²) >= 11 is 9.77. The Kier molecular flexibility index (Phi) is 6.44. The zero-order valence-electron chi connectivity index (χ0n) is 16.5. The predicted octanol–water partition coefficient (Wildman–Crippen LogP) is 5.17. The molecular formula is C23H23BrClN3O2. The highest BCUT2D eigenvalue weighted by molar-refractivity contribution is 9.10. The summed E-state index contributed by atoms with van der Waals surface area (Å²) in [6.07, 6.45) is 6.99. The van der Waals surface area contributed by atoms with Gasteiger partial charge in [-0.05, 0) is 48.7 Å². The molecule has 1 aliphatic carbocycles. The molecule has 7 heteroatoms. The first-order valence-electron chi connectivity index (χ1n) is 10.2. The number of carbonyl (C=O) groups excluding carboxylic acids is 1. The maximum Gasteiger partial charge on any atom is 0.284 e. The van der Waals surface area contributed by atoms with Gasteiger partial charge in [-0.1, -0.05) is 65.0 Å². The lowest BCUT2D eigenvalue weighted by Crippen LogP contribution is -2.38. The zero-order valence-corrected chi connectivity index (χ0v) is 18.8. The fourth-order valence-corrected chi connectivity index (χ4v) is 4.38. The van der Waals surface area contributed by atoms with Gasteiger partial charge in [0, 0.05) is 21.7 Å². The SMILES string of the molecule is O=C(NC1CCCCC1)c1cn(Cc2ccccc2Cl)n(-c2ccc(Br)cc2)c1=O. The number of amides is 1. The van der Waals surface area contributed by atoms with E-state index >= 15 is 0 Å². The van der Waals surface area contributed by atoms with E-state index in [4.69, 9.17) is 11.6 Å². The fraction of sp³-hybridized carbons (Fsp3) is 0.304. The van der Waals surface area contributed by atoms with Gasteiger partial charge in [0.2, 0.25) is 0 Å². The van der Waals surface area contributed by atoms with E-state index in [1.54, 1.807) is 10.9 Å². The smallest absolute Gasteiger partial charge is 0.284 e. The third-order valence-corrected chi connectivity index (χ3v) is 6.40. The van der Waals surface area contributed by atoms with Crippen LogP contribution in [0.15, 0.2) is 64.0 Å². The molecule has 156 valence electrons. The monoisotopic (exact) mass is 487 g/mol. The Labute approximate surface area is 188 Å². The summed E-state index contributed by atoms with van der Waals surface area (Å²) in [5.41, 5.74) is 1.37. The van der Waals surface area contributed by atoms with E-state index < -0.39 is 0 Å². The highest BCUT2D eigenvalue weighted by atomic mass is 79.9. The van der Waals surface area contributed by atoms with Crippen LogP contribution in [0.2, 0.25) is 5.02 Å². The molecule has 3 aromatic rings. The van der Waals surface area contributed by atoms with Crippen molar-refractivity contribution in [1.82, 2.24) is 14.7 Å². The minimum Gasteiger partial charge on any atom is -0.349 e. The lowest BCUT2D eigenvalue weighted by molar-refractivity contribution is 0.0926. The number of hydrogen-bond donors (Lipinski definition) is 1. The predicted molar refractivity (Wildman–Crippen MR) is 123 cm³/mol. The van der Waals surface area contributed by atoms with Crippen molar-refractivity contribution in [3.8, 4) is 5.69 Å². The second-order valence-electron chi connectivity index (χ2n) is 7.63. The Hall–Kier alpha value is -2.31. The maximum absolute atomic E-state index is 13.3. The largest absolute Gasteiger partial charge is 0.349 e. The first kappa shape index (κ1) is 20.9. The molecule has 0 aliphatic heterocycles. The lowest BCUT2D eigenvalue weighted by Gasteiger charge is -2.22.